The third-order valence-corrected chi connectivity index (χ3v) is 3.51. The zero-order valence-corrected chi connectivity index (χ0v) is 10.4. The molecule has 1 aromatic rings. The molecule has 0 aromatic heterocycles. The summed E-state index contributed by atoms with van der Waals surface area (Å²) >= 11 is 0. The number of nitrogen functional groups attached to an aromatic ring is 1. The summed E-state index contributed by atoms with van der Waals surface area (Å²) in [5.74, 6) is -0.183. The number of hydrogen-bond donors (Lipinski definition) is 2. The molecule has 98 valence electrons. The zero-order valence-electron chi connectivity index (χ0n) is 10.4. The van der Waals surface area contributed by atoms with Crippen LogP contribution >= 0.6 is 0 Å². The quantitative estimate of drug-likeness (QED) is 0.808. The van der Waals surface area contributed by atoms with Gasteiger partial charge in [0.1, 0.15) is 11.5 Å². The van der Waals surface area contributed by atoms with Gasteiger partial charge in [0.2, 0.25) is 5.91 Å². The van der Waals surface area contributed by atoms with E-state index in [1.807, 2.05) is 0 Å². The van der Waals surface area contributed by atoms with Gasteiger partial charge in [-0.2, -0.15) is 0 Å². The Labute approximate surface area is 107 Å². The fourth-order valence-corrected chi connectivity index (χ4v) is 2.52. The third-order valence-electron chi connectivity index (χ3n) is 3.51. The Morgan fingerprint density at radius 3 is 2.72 bits per heavy atom. The van der Waals surface area contributed by atoms with E-state index in [1.54, 1.807) is 6.07 Å². The largest absolute Gasteiger partial charge is 0.397 e. The van der Waals surface area contributed by atoms with Gasteiger partial charge < -0.3 is 11.1 Å². The van der Waals surface area contributed by atoms with Crippen LogP contribution in [0.2, 0.25) is 0 Å². The van der Waals surface area contributed by atoms with E-state index < -0.39 is 5.82 Å². The van der Waals surface area contributed by atoms with Crippen LogP contribution in [0, 0.1) is 11.7 Å². The minimum Gasteiger partial charge on any atom is -0.397 e. The molecule has 0 spiro atoms. The Hall–Kier alpha value is -1.58. The Morgan fingerprint density at radius 1 is 1.33 bits per heavy atom. The summed E-state index contributed by atoms with van der Waals surface area (Å²) in [6.07, 6.45) is 6.31. The number of carbonyl (C=O) groups is 1. The summed E-state index contributed by atoms with van der Waals surface area (Å²) in [5, 5.41) is 2.59. The number of benzene rings is 1. The predicted molar refractivity (Wildman–Crippen MR) is 70.6 cm³/mol. The second-order valence-corrected chi connectivity index (χ2v) is 4.96. The maximum absolute atomic E-state index is 13.5. The molecule has 3 N–H and O–H groups in total. The van der Waals surface area contributed by atoms with Gasteiger partial charge >= 0.3 is 0 Å². The van der Waals surface area contributed by atoms with Crippen molar-refractivity contribution in [3.8, 4) is 0 Å². The number of rotatable bonds is 3. The van der Waals surface area contributed by atoms with Crippen LogP contribution in [-0.4, -0.2) is 5.91 Å². The maximum Gasteiger partial charge on any atom is 0.224 e. The van der Waals surface area contributed by atoms with Crippen LogP contribution in [0.25, 0.3) is 0 Å². The first-order valence-electron chi connectivity index (χ1n) is 6.50. The van der Waals surface area contributed by atoms with E-state index in [9.17, 15) is 9.18 Å². The molecule has 18 heavy (non-hydrogen) atoms. The van der Waals surface area contributed by atoms with Crippen molar-refractivity contribution < 1.29 is 9.18 Å². The van der Waals surface area contributed by atoms with Crippen molar-refractivity contribution in [3.63, 3.8) is 0 Å². The number of nitrogens with one attached hydrogen (secondary N) is 1. The molecule has 3 nitrogen and oxygen atoms in total. The van der Waals surface area contributed by atoms with Gasteiger partial charge in [-0.1, -0.05) is 25.3 Å². The smallest absolute Gasteiger partial charge is 0.224 e. The molecule has 0 saturated heterocycles. The van der Waals surface area contributed by atoms with Crippen LogP contribution in [0.15, 0.2) is 18.2 Å². The number of anilines is 2. The lowest BCUT2D eigenvalue weighted by molar-refractivity contribution is -0.117. The van der Waals surface area contributed by atoms with Crippen molar-refractivity contribution in [2.75, 3.05) is 11.1 Å². The van der Waals surface area contributed by atoms with Crippen molar-refractivity contribution in [1.82, 2.24) is 0 Å². The Balaban J connectivity index is 1.94. The number of nitrogens with two attached hydrogens (primary N) is 1. The second-order valence-electron chi connectivity index (χ2n) is 4.96. The summed E-state index contributed by atoms with van der Waals surface area (Å²) < 4.78 is 13.5. The van der Waals surface area contributed by atoms with Gasteiger partial charge in [0.25, 0.3) is 0 Å². The Morgan fingerprint density at radius 2 is 2.06 bits per heavy atom. The number of carbonyl (C=O) groups excluding carboxylic acids is 1. The van der Waals surface area contributed by atoms with Gasteiger partial charge in [0.15, 0.2) is 0 Å². The van der Waals surface area contributed by atoms with Crippen molar-refractivity contribution in [2.24, 2.45) is 5.92 Å². The molecule has 1 aliphatic carbocycles. The monoisotopic (exact) mass is 250 g/mol. The SMILES string of the molecule is Nc1cccc(F)c1NC(=O)CC1CCCCC1. The molecule has 0 unspecified atom stereocenters. The molecular weight excluding hydrogens is 231 g/mol. The first-order valence-corrected chi connectivity index (χ1v) is 6.50. The fraction of sp³-hybridized carbons (Fsp3) is 0.500. The summed E-state index contributed by atoms with van der Waals surface area (Å²) in [4.78, 5) is 11.9. The molecular formula is C14H19FN2O. The second kappa shape index (κ2) is 5.85. The van der Waals surface area contributed by atoms with Gasteiger partial charge in [-0.05, 0) is 30.9 Å². The van der Waals surface area contributed by atoms with Crippen LogP contribution in [0.4, 0.5) is 15.8 Å². The lowest BCUT2D eigenvalue weighted by atomic mass is 9.87. The van der Waals surface area contributed by atoms with Crippen LogP contribution in [0.1, 0.15) is 38.5 Å². The Kier molecular flexibility index (Phi) is 4.18. The van der Waals surface area contributed by atoms with E-state index in [1.165, 1.54) is 31.4 Å². The first-order chi connectivity index (χ1) is 8.66. The summed E-state index contributed by atoms with van der Waals surface area (Å²) in [7, 11) is 0. The average molecular weight is 250 g/mol. The number of halogens is 1. The predicted octanol–water partition coefficient (Wildman–Crippen LogP) is 3.32. The molecule has 1 fully saturated rings. The van der Waals surface area contributed by atoms with Crippen molar-refractivity contribution in [3.05, 3.63) is 24.0 Å². The van der Waals surface area contributed by atoms with E-state index >= 15 is 0 Å². The zero-order chi connectivity index (χ0) is 13.0. The van der Waals surface area contributed by atoms with E-state index in [0.717, 1.165) is 12.8 Å². The molecule has 1 aromatic carbocycles. The topological polar surface area (TPSA) is 55.1 Å². The van der Waals surface area contributed by atoms with Crippen LogP contribution in [0.3, 0.4) is 0 Å². The van der Waals surface area contributed by atoms with Crippen LogP contribution < -0.4 is 11.1 Å². The normalized spacial score (nSPS) is 16.5. The molecule has 1 amide bonds. The minimum atomic E-state index is -0.480. The highest BCUT2D eigenvalue weighted by molar-refractivity contribution is 5.94. The maximum atomic E-state index is 13.5. The lowest BCUT2D eigenvalue weighted by Crippen LogP contribution is -2.19. The van der Waals surface area contributed by atoms with Gasteiger partial charge in [0.05, 0.1) is 5.69 Å². The van der Waals surface area contributed by atoms with Gasteiger partial charge in [-0.15, -0.1) is 0 Å². The van der Waals surface area contributed by atoms with Crippen LogP contribution in [-0.2, 0) is 4.79 Å². The lowest BCUT2D eigenvalue weighted by Gasteiger charge is -2.21. The fourth-order valence-electron chi connectivity index (χ4n) is 2.52. The van der Waals surface area contributed by atoms with E-state index in [4.69, 9.17) is 5.73 Å². The highest BCUT2D eigenvalue weighted by Crippen LogP contribution is 2.27. The van der Waals surface area contributed by atoms with Gasteiger partial charge in [-0.25, -0.2) is 4.39 Å². The van der Waals surface area contributed by atoms with Crippen LogP contribution in [0.5, 0.6) is 0 Å². The number of hydrogen-bond acceptors (Lipinski definition) is 2. The van der Waals surface area contributed by atoms with E-state index in [0.29, 0.717) is 12.3 Å². The molecule has 0 radical (unpaired) electrons. The van der Waals surface area contributed by atoms with Crippen molar-refractivity contribution in [1.29, 1.82) is 0 Å². The molecule has 2 rings (SSSR count). The number of para-hydroxylation sites is 1. The standard InChI is InChI=1S/C14H19FN2O/c15-11-7-4-8-12(16)14(11)17-13(18)9-10-5-2-1-3-6-10/h4,7-8,10H,1-3,5-6,9,16H2,(H,17,18). The summed E-state index contributed by atoms with van der Waals surface area (Å²) in [6.45, 7) is 0. The molecule has 1 saturated carbocycles. The minimum absolute atomic E-state index is 0.110. The van der Waals surface area contributed by atoms with Gasteiger partial charge in [-0.3, -0.25) is 4.79 Å². The average Bonchev–Trinajstić information content (AvgIpc) is 2.35. The summed E-state index contributed by atoms with van der Waals surface area (Å²) in [6, 6.07) is 4.41. The van der Waals surface area contributed by atoms with E-state index in [2.05, 4.69) is 5.32 Å². The molecule has 4 heteroatoms. The Bertz CT molecular complexity index is 408. The van der Waals surface area contributed by atoms with E-state index in [-0.39, 0.29) is 17.3 Å². The first kappa shape index (κ1) is 12.9. The number of amides is 1. The molecule has 0 atom stereocenters. The highest BCUT2D eigenvalue weighted by atomic mass is 19.1. The molecule has 0 heterocycles. The molecule has 1 aliphatic rings. The van der Waals surface area contributed by atoms with Gasteiger partial charge in [0, 0.05) is 6.42 Å². The van der Waals surface area contributed by atoms with Crippen molar-refractivity contribution >= 4 is 17.3 Å². The highest BCUT2D eigenvalue weighted by Gasteiger charge is 2.18. The summed E-state index contributed by atoms with van der Waals surface area (Å²) in [5.41, 5.74) is 6.03. The molecule has 0 bridgehead atoms. The third kappa shape index (κ3) is 3.22. The molecule has 0 aliphatic heterocycles. The van der Waals surface area contributed by atoms with Crippen molar-refractivity contribution in [2.45, 2.75) is 38.5 Å².